The summed E-state index contributed by atoms with van der Waals surface area (Å²) in [6.45, 7) is 7.42. The molecule has 2 fully saturated rings. The molecule has 5 atom stereocenters. The van der Waals surface area contributed by atoms with Crippen LogP contribution in [0.2, 0.25) is 0 Å². The van der Waals surface area contributed by atoms with Crippen LogP contribution in [0, 0.1) is 17.3 Å². The molecule has 0 amide bonds. The first-order valence-electron chi connectivity index (χ1n) is 11.4. The van der Waals surface area contributed by atoms with Crippen LogP contribution in [0.1, 0.15) is 88.1 Å². The maximum Gasteiger partial charge on any atom is 0.308 e. The van der Waals surface area contributed by atoms with Gasteiger partial charge in [-0.2, -0.15) is 0 Å². The number of esters is 2. The van der Waals surface area contributed by atoms with E-state index < -0.39 is 5.97 Å². The number of ether oxygens (including phenoxy) is 3. The van der Waals surface area contributed by atoms with Crippen molar-refractivity contribution in [1.82, 2.24) is 0 Å². The molecule has 31 heavy (non-hydrogen) atoms. The molecule has 6 nitrogen and oxygen atoms in total. The van der Waals surface area contributed by atoms with E-state index in [1.165, 1.54) is 13.8 Å². The van der Waals surface area contributed by atoms with E-state index in [9.17, 15) is 14.4 Å². The smallest absolute Gasteiger partial charge is 0.308 e. The molecule has 3 aliphatic carbocycles. The zero-order chi connectivity index (χ0) is 22.3. The molecule has 0 saturated heterocycles. The van der Waals surface area contributed by atoms with Gasteiger partial charge in [-0.3, -0.25) is 14.4 Å². The molecule has 0 N–H and O–H groups in total. The molecular weight excluding hydrogens is 396 g/mol. The average molecular weight is 429 g/mol. The number of hydrogen-bond donors (Lipinski definition) is 0. The number of carbonyl (C=O) groups is 3. The minimum absolute atomic E-state index is 0.0409. The van der Waals surface area contributed by atoms with Crippen molar-refractivity contribution in [3.05, 3.63) is 23.3 Å². The van der Waals surface area contributed by atoms with Gasteiger partial charge < -0.3 is 14.2 Å². The van der Waals surface area contributed by atoms with Gasteiger partial charge in [0.2, 0.25) is 0 Å². The fourth-order valence-corrected chi connectivity index (χ4v) is 6.48. The highest BCUT2D eigenvalue weighted by Gasteiger charge is 2.56. The number of hydrogen-bond acceptors (Lipinski definition) is 6. The fraction of sp³-hybridized carbons (Fsp3) is 0.640. The van der Waals surface area contributed by atoms with E-state index >= 15 is 0 Å². The van der Waals surface area contributed by atoms with Crippen LogP contribution >= 0.6 is 0 Å². The van der Waals surface area contributed by atoms with Crippen molar-refractivity contribution in [2.75, 3.05) is 6.61 Å². The van der Waals surface area contributed by atoms with Gasteiger partial charge in [0, 0.05) is 31.2 Å². The van der Waals surface area contributed by atoms with Gasteiger partial charge in [-0.25, -0.2) is 0 Å². The van der Waals surface area contributed by atoms with E-state index in [1.807, 2.05) is 13.0 Å². The van der Waals surface area contributed by atoms with Crippen LogP contribution < -0.4 is 9.47 Å². The Morgan fingerprint density at radius 3 is 2.52 bits per heavy atom. The number of Topliss-reactive ketones (excluding diaryl/α,β-unsaturated/α-hetero) is 1. The van der Waals surface area contributed by atoms with Crippen LogP contribution in [-0.2, 0) is 14.3 Å². The van der Waals surface area contributed by atoms with Gasteiger partial charge in [-0.05, 0) is 74.5 Å². The summed E-state index contributed by atoms with van der Waals surface area (Å²) in [5.41, 5.74) is 1.64. The largest absolute Gasteiger partial charge is 0.490 e. The summed E-state index contributed by atoms with van der Waals surface area (Å²) in [6, 6.07) is 3.63. The predicted octanol–water partition coefficient (Wildman–Crippen LogP) is 4.83. The van der Waals surface area contributed by atoms with Crippen molar-refractivity contribution < 1.29 is 28.6 Å². The Hall–Kier alpha value is -2.37. The number of fused-ring (bicyclic) bond motifs is 5. The maximum absolute atomic E-state index is 13.1. The molecule has 3 aliphatic rings. The third kappa shape index (κ3) is 3.85. The zero-order valence-electron chi connectivity index (χ0n) is 18.9. The zero-order valence-corrected chi connectivity index (χ0v) is 18.9. The van der Waals surface area contributed by atoms with Gasteiger partial charge in [0.1, 0.15) is 6.10 Å². The topological polar surface area (TPSA) is 78.9 Å². The molecule has 0 spiro atoms. The lowest BCUT2D eigenvalue weighted by Gasteiger charge is -2.48. The minimum atomic E-state index is -0.434. The van der Waals surface area contributed by atoms with Crippen molar-refractivity contribution in [3.63, 3.8) is 0 Å². The van der Waals surface area contributed by atoms with Gasteiger partial charge in [0.25, 0.3) is 0 Å². The molecule has 1 aromatic rings. The Bertz CT molecular complexity index is 906. The van der Waals surface area contributed by atoms with Gasteiger partial charge >= 0.3 is 11.9 Å². The van der Waals surface area contributed by atoms with E-state index in [4.69, 9.17) is 14.2 Å². The summed E-state index contributed by atoms with van der Waals surface area (Å²) < 4.78 is 16.9. The van der Waals surface area contributed by atoms with Gasteiger partial charge in [0.05, 0.1) is 6.61 Å². The summed E-state index contributed by atoms with van der Waals surface area (Å²) in [4.78, 5) is 36.3. The highest BCUT2D eigenvalue weighted by Crippen LogP contribution is 2.61. The molecule has 0 aliphatic heterocycles. The summed E-state index contributed by atoms with van der Waals surface area (Å²) in [5, 5.41) is 0. The lowest BCUT2D eigenvalue weighted by atomic mass is 9.58. The number of ketones is 1. The van der Waals surface area contributed by atoms with Crippen LogP contribution in [0.3, 0.4) is 0 Å². The second-order valence-electron chi connectivity index (χ2n) is 9.47. The lowest BCUT2D eigenvalue weighted by molar-refractivity contribution is -0.154. The molecule has 1 aromatic carbocycles. The van der Waals surface area contributed by atoms with Crippen LogP contribution in [0.15, 0.2) is 12.1 Å². The molecule has 0 radical (unpaired) electrons. The third-order valence-corrected chi connectivity index (χ3v) is 7.73. The van der Waals surface area contributed by atoms with Crippen molar-refractivity contribution in [2.24, 2.45) is 17.3 Å². The number of carbonyl (C=O) groups excluding carboxylic acids is 3. The summed E-state index contributed by atoms with van der Waals surface area (Å²) in [5.74, 6) is 1.30. The Kier molecular flexibility index (Phi) is 5.84. The summed E-state index contributed by atoms with van der Waals surface area (Å²) >= 11 is 0. The van der Waals surface area contributed by atoms with Crippen LogP contribution in [0.25, 0.3) is 0 Å². The average Bonchev–Trinajstić information content (AvgIpc) is 2.95. The van der Waals surface area contributed by atoms with Gasteiger partial charge in [-0.1, -0.05) is 6.92 Å². The first-order chi connectivity index (χ1) is 14.7. The Morgan fingerprint density at radius 2 is 1.84 bits per heavy atom. The highest BCUT2D eigenvalue weighted by atomic mass is 16.6. The van der Waals surface area contributed by atoms with Crippen molar-refractivity contribution in [3.8, 4) is 11.5 Å². The van der Waals surface area contributed by atoms with Crippen LogP contribution in [0.4, 0.5) is 0 Å². The molecule has 6 heteroatoms. The quantitative estimate of drug-likeness (QED) is 0.505. The van der Waals surface area contributed by atoms with Crippen molar-refractivity contribution >= 4 is 17.7 Å². The molecule has 2 saturated carbocycles. The van der Waals surface area contributed by atoms with Gasteiger partial charge in [-0.15, -0.1) is 0 Å². The highest BCUT2D eigenvalue weighted by molar-refractivity contribution is 5.99. The number of rotatable bonds is 4. The number of benzene rings is 1. The van der Waals surface area contributed by atoms with E-state index in [0.717, 1.165) is 37.7 Å². The molecule has 0 bridgehead atoms. The monoisotopic (exact) mass is 428 g/mol. The Labute approximate surface area is 183 Å². The molecule has 4 rings (SSSR count). The minimum Gasteiger partial charge on any atom is -0.490 e. The Morgan fingerprint density at radius 1 is 1.06 bits per heavy atom. The van der Waals surface area contributed by atoms with Crippen molar-refractivity contribution in [2.45, 2.75) is 78.2 Å². The Balaban J connectivity index is 1.73. The lowest BCUT2D eigenvalue weighted by Crippen LogP contribution is -2.43. The van der Waals surface area contributed by atoms with Crippen LogP contribution in [-0.4, -0.2) is 30.4 Å². The normalized spacial score (nSPS) is 31.7. The predicted molar refractivity (Wildman–Crippen MR) is 114 cm³/mol. The fourth-order valence-electron chi connectivity index (χ4n) is 6.48. The summed E-state index contributed by atoms with van der Waals surface area (Å²) in [6.07, 6.45) is 5.07. The van der Waals surface area contributed by atoms with E-state index in [2.05, 4.69) is 6.92 Å². The van der Waals surface area contributed by atoms with Gasteiger partial charge in [0.15, 0.2) is 17.3 Å². The van der Waals surface area contributed by atoms with E-state index in [0.29, 0.717) is 41.9 Å². The first-order valence-corrected chi connectivity index (χ1v) is 11.4. The second-order valence-corrected chi connectivity index (χ2v) is 9.47. The maximum atomic E-state index is 13.1. The summed E-state index contributed by atoms with van der Waals surface area (Å²) in [7, 11) is 0. The standard InChI is InChI=1S/C25H32O6/c1-5-29-22-12-18-16-10-11-25(4)20(7-9-24(25)31-15(3)27)17(16)6-8-21(28)19(18)13-23(22)30-14(2)26/h12-13,16-17,20,24H,5-11H2,1-4H3/t16-,17+,20?,24-,25-/m0/s1. The van der Waals surface area contributed by atoms with E-state index in [-0.39, 0.29) is 29.2 Å². The SMILES string of the molecule is CCOc1cc2c(cc1OC(C)=O)C(=O)CC[C@H]1C3CC[C@H](OC(C)=O)[C@@]3(C)CC[C@H]21. The molecular formula is C25H32O6. The molecule has 168 valence electrons. The molecule has 1 unspecified atom stereocenters. The first kappa shape index (κ1) is 21.8. The second kappa shape index (κ2) is 8.29. The van der Waals surface area contributed by atoms with Crippen LogP contribution in [0.5, 0.6) is 11.5 Å². The molecule has 0 aromatic heterocycles. The molecule has 0 heterocycles. The van der Waals surface area contributed by atoms with E-state index in [1.54, 1.807) is 6.07 Å². The van der Waals surface area contributed by atoms with Crippen molar-refractivity contribution in [1.29, 1.82) is 0 Å². The third-order valence-electron chi connectivity index (χ3n) is 7.73.